The lowest BCUT2D eigenvalue weighted by molar-refractivity contribution is -0.165. The van der Waals surface area contributed by atoms with Gasteiger partial charge in [0.05, 0.1) is 0 Å². The summed E-state index contributed by atoms with van der Waals surface area (Å²) in [4.78, 5) is 22.8. The van der Waals surface area contributed by atoms with Gasteiger partial charge in [0.25, 0.3) is 0 Å². The topological polar surface area (TPSA) is 51.4 Å². The molecular weight excluding hydrogens is 328 g/mol. The maximum Gasteiger partial charge on any atom is 0.373 e. The van der Waals surface area contributed by atoms with Gasteiger partial charge in [0.1, 0.15) is 5.60 Å². The van der Waals surface area contributed by atoms with Gasteiger partial charge in [-0.15, -0.1) is 0 Å². The normalized spacial score (nSPS) is 16.6. The summed E-state index contributed by atoms with van der Waals surface area (Å²) in [6, 6.07) is 8.19. The molecule has 1 heterocycles. The van der Waals surface area contributed by atoms with Gasteiger partial charge in [-0.25, -0.2) is 4.79 Å². The van der Waals surface area contributed by atoms with E-state index in [1.165, 1.54) is 5.56 Å². The number of carbonyl (C=O) groups is 1. The van der Waals surface area contributed by atoms with Crippen LogP contribution in [0.2, 0.25) is 0 Å². The third-order valence-corrected chi connectivity index (χ3v) is 4.87. The van der Waals surface area contributed by atoms with E-state index in [4.69, 9.17) is 14.5 Å². The van der Waals surface area contributed by atoms with Gasteiger partial charge in [-0.1, -0.05) is 65.3 Å². The summed E-state index contributed by atoms with van der Waals surface area (Å²) in [5.41, 5.74) is 1.75. The highest BCUT2D eigenvalue weighted by molar-refractivity contribution is 5.79. The van der Waals surface area contributed by atoms with Crippen molar-refractivity contribution in [3.63, 3.8) is 0 Å². The zero-order valence-electron chi connectivity index (χ0n) is 17.3. The fourth-order valence-electron chi connectivity index (χ4n) is 2.96. The molecule has 4 nitrogen and oxygen atoms in total. The van der Waals surface area contributed by atoms with E-state index in [9.17, 15) is 4.79 Å². The summed E-state index contributed by atoms with van der Waals surface area (Å²) in [6.45, 7) is 14.8. The molecule has 0 aliphatic carbocycles. The van der Waals surface area contributed by atoms with Crippen LogP contribution in [-0.2, 0) is 24.9 Å². The Balaban J connectivity index is 1.96. The molecule has 0 radical (unpaired) electrons. The third kappa shape index (κ3) is 5.55. The Morgan fingerprint density at radius 1 is 1.12 bits per heavy atom. The fraction of sp³-hybridized carbons (Fsp3) is 0.682. The lowest BCUT2D eigenvalue weighted by atomic mass is 9.89. The number of esters is 1. The molecule has 1 aliphatic heterocycles. The van der Waals surface area contributed by atoms with Crippen LogP contribution in [0, 0.1) is 5.41 Å². The summed E-state index contributed by atoms with van der Waals surface area (Å²) in [7, 11) is 0. The molecule has 0 N–H and O–H groups in total. The Hall–Kier alpha value is -1.39. The van der Waals surface area contributed by atoms with Gasteiger partial charge in [-0.05, 0) is 49.1 Å². The highest BCUT2D eigenvalue weighted by atomic mass is 17.4. The van der Waals surface area contributed by atoms with Crippen LogP contribution in [0.1, 0.15) is 91.2 Å². The summed E-state index contributed by atoms with van der Waals surface area (Å²) < 4.78 is 5.79. The molecule has 26 heavy (non-hydrogen) atoms. The first kappa shape index (κ1) is 20.9. The predicted molar refractivity (Wildman–Crippen MR) is 102 cm³/mol. The van der Waals surface area contributed by atoms with Crippen LogP contribution in [0.25, 0.3) is 0 Å². The number of hydrogen-bond acceptors (Lipinski definition) is 4. The van der Waals surface area contributed by atoms with Gasteiger partial charge in [0.2, 0.25) is 0 Å². The molecule has 0 aromatic heterocycles. The molecule has 1 aromatic rings. The maximum atomic E-state index is 12.7. The molecule has 1 aromatic carbocycles. The van der Waals surface area contributed by atoms with Gasteiger partial charge < -0.3 is 4.74 Å². The summed E-state index contributed by atoms with van der Waals surface area (Å²) in [6.07, 6.45) is 3.54. The molecule has 146 valence electrons. The van der Waals surface area contributed by atoms with Gasteiger partial charge in [-0.3, -0.25) is 0 Å². The van der Waals surface area contributed by atoms with E-state index < -0.39 is 17.4 Å². The number of unbranched alkanes of at least 4 members (excludes halogenated alkanes) is 1. The SMILES string of the molecule is CC(C)c1cccc(C(C)(C)OC(=O)C2(CCCCC(C)(C)C)OO2)c1. The zero-order chi connectivity index (χ0) is 19.6. The lowest BCUT2D eigenvalue weighted by Crippen LogP contribution is -2.34. The molecule has 0 amide bonds. The average molecular weight is 363 g/mol. The van der Waals surface area contributed by atoms with Crippen LogP contribution < -0.4 is 0 Å². The minimum Gasteiger partial charge on any atom is -0.451 e. The summed E-state index contributed by atoms with van der Waals surface area (Å²) in [5, 5.41) is 0. The molecule has 0 bridgehead atoms. The van der Waals surface area contributed by atoms with Crippen molar-refractivity contribution in [3.05, 3.63) is 35.4 Å². The number of ether oxygens (including phenoxy) is 1. The number of rotatable bonds is 8. The third-order valence-electron chi connectivity index (χ3n) is 4.87. The van der Waals surface area contributed by atoms with Crippen LogP contribution >= 0.6 is 0 Å². The van der Waals surface area contributed by atoms with E-state index in [1.54, 1.807) is 0 Å². The first-order valence-electron chi connectivity index (χ1n) is 9.66. The van der Waals surface area contributed by atoms with Crippen LogP contribution in [0.15, 0.2) is 24.3 Å². The minimum absolute atomic E-state index is 0.294. The van der Waals surface area contributed by atoms with E-state index in [2.05, 4.69) is 46.8 Å². The molecular formula is C22H34O4. The van der Waals surface area contributed by atoms with Crippen molar-refractivity contribution in [1.82, 2.24) is 0 Å². The van der Waals surface area contributed by atoms with Crippen molar-refractivity contribution in [2.45, 2.75) is 91.5 Å². The molecule has 2 rings (SSSR count). The van der Waals surface area contributed by atoms with Crippen molar-refractivity contribution < 1.29 is 19.3 Å². The number of benzene rings is 1. The van der Waals surface area contributed by atoms with E-state index in [1.807, 2.05) is 26.0 Å². The van der Waals surface area contributed by atoms with Crippen molar-refractivity contribution in [3.8, 4) is 0 Å². The van der Waals surface area contributed by atoms with Gasteiger partial charge in [0, 0.05) is 6.42 Å². The number of hydrogen-bond donors (Lipinski definition) is 0. The maximum absolute atomic E-state index is 12.7. The Morgan fingerprint density at radius 2 is 1.77 bits per heavy atom. The van der Waals surface area contributed by atoms with E-state index >= 15 is 0 Å². The quantitative estimate of drug-likeness (QED) is 0.252. The van der Waals surface area contributed by atoms with Crippen LogP contribution in [-0.4, -0.2) is 11.8 Å². The van der Waals surface area contributed by atoms with Crippen molar-refractivity contribution in [1.29, 1.82) is 0 Å². The molecule has 0 saturated carbocycles. The predicted octanol–water partition coefficient (Wildman–Crippen LogP) is 5.85. The van der Waals surface area contributed by atoms with Crippen LogP contribution in [0.3, 0.4) is 0 Å². The summed E-state index contributed by atoms with van der Waals surface area (Å²) >= 11 is 0. The fourth-order valence-corrected chi connectivity index (χ4v) is 2.96. The second-order valence-corrected chi connectivity index (χ2v) is 9.37. The largest absolute Gasteiger partial charge is 0.451 e. The Morgan fingerprint density at radius 3 is 2.31 bits per heavy atom. The molecule has 1 fully saturated rings. The highest BCUT2D eigenvalue weighted by Crippen LogP contribution is 2.40. The Bertz CT molecular complexity index is 621. The van der Waals surface area contributed by atoms with Gasteiger partial charge in [-0.2, -0.15) is 9.78 Å². The van der Waals surface area contributed by atoms with Gasteiger partial charge in [0.15, 0.2) is 0 Å². The zero-order valence-corrected chi connectivity index (χ0v) is 17.3. The van der Waals surface area contributed by atoms with Crippen molar-refractivity contribution in [2.24, 2.45) is 5.41 Å². The van der Waals surface area contributed by atoms with Crippen molar-refractivity contribution in [2.75, 3.05) is 0 Å². The Labute approximate surface area is 158 Å². The van der Waals surface area contributed by atoms with Crippen LogP contribution in [0.4, 0.5) is 0 Å². The van der Waals surface area contributed by atoms with E-state index in [-0.39, 0.29) is 0 Å². The second-order valence-electron chi connectivity index (χ2n) is 9.37. The first-order valence-corrected chi connectivity index (χ1v) is 9.66. The molecule has 1 aliphatic rings. The smallest absolute Gasteiger partial charge is 0.373 e. The highest BCUT2D eigenvalue weighted by Gasteiger charge is 2.58. The van der Waals surface area contributed by atoms with Gasteiger partial charge >= 0.3 is 11.8 Å². The lowest BCUT2D eigenvalue weighted by Gasteiger charge is -2.27. The second kappa shape index (κ2) is 7.69. The molecule has 4 heteroatoms. The average Bonchev–Trinajstić information content (AvgIpc) is 3.32. The first-order chi connectivity index (χ1) is 12.0. The van der Waals surface area contributed by atoms with E-state index in [0.717, 1.165) is 24.8 Å². The molecule has 0 unspecified atom stereocenters. The monoisotopic (exact) mass is 362 g/mol. The minimum atomic E-state index is -1.20. The molecule has 0 atom stereocenters. The number of carbonyl (C=O) groups excluding carboxylic acids is 1. The summed E-state index contributed by atoms with van der Waals surface area (Å²) in [5.74, 6) is -1.22. The molecule has 1 saturated heterocycles. The molecule has 0 spiro atoms. The Kier molecular flexibility index (Phi) is 6.19. The standard InChI is InChI=1S/C22H34O4/c1-16(2)17-11-10-12-18(15-17)21(6,7)24-19(23)22(25-26-22)14-9-8-13-20(3,4)5/h10-12,15-16H,8-9,13-14H2,1-7H3. The van der Waals surface area contributed by atoms with Crippen molar-refractivity contribution >= 4 is 5.97 Å². The van der Waals surface area contributed by atoms with E-state index in [0.29, 0.717) is 17.8 Å². The van der Waals surface area contributed by atoms with Crippen LogP contribution in [0.5, 0.6) is 0 Å².